The summed E-state index contributed by atoms with van der Waals surface area (Å²) >= 11 is 0. The lowest BCUT2D eigenvalue weighted by molar-refractivity contribution is 0.0188. The van der Waals surface area contributed by atoms with Crippen LogP contribution in [0.3, 0.4) is 0 Å². The van der Waals surface area contributed by atoms with Crippen molar-refractivity contribution >= 4 is 23.4 Å². The van der Waals surface area contributed by atoms with E-state index in [0.717, 1.165) is 6.92 Å². The zero-order valence-electron chi connectivity index (χ0n) is 20.6. The number of aryl methyl sites for hydroxylation is 1. The molecule has 0 radical (unpaired) electrons. The number of nitrogens with zero attached hydrogens (tertiary/aromatic N) is 5. The first kappa shape index (κ1) is 25.0. The Bertz CT molecular complexity index is 1290. The third-order valence-corrected chi connectivity index (χ3v) is 6.48. The first-order valence-electron chi connectivity index (χ1n) is 12.1. The molecule has 0 bridgehead atoms. The Kier molecular flexibility index (Phi) is 6.74. The van der Waals surface area contributed by atoms with Gasteiger partial charge in [-0.05, 0) is 30.7 Å². The number of carbonyl (C=O) groups excluding carboxylic acids is 1. The van der Waals surface area contributed by atoms with E-state index >= 15 is 8.78 Å². The predicted octanol–water partition coefficient (Wildman–Crippen LogP) is 3.23. The summed E-state index contributed by atoms with van der Waals surface area (Å²) in [6, 6.07) is 7.91. The summed E-state index contributed by atoms with van der Waals surface area (Å²) in [5.74, 6) is -2.85. The van der Waals surface area contributed by atoms with E-state index in [2.05, 4.69) is 20.3 Å². The van der Waals surface area contributed by atoms with Crippen molar-refractivity contribution in [1.29, 1.82) is 0 Å². The van der Waals surface area contributed by atoms with Crippen molar-refractivity contribution in [2.75, 3.05) is 54.5 Å². The van der Waals surface area contributed by atoms with Crippen LogP contribution in [-0.2, 0) is 10.7 Å². The van der Waals surface area contributed by atoms with Gasteiger partial charge in [-0.15, -0.1) is 0 Å². The van der Waals surface area contributed by atoms with Crippen LogP contribution in [0.5, 0.6) is 0 Å². The SMILES string of the molecule is Cc1ccc(NC(=O)c2ccncc2)c(C(C)(F)F)c1-c1cc(N2CCOCC2)nc(N2CC(O)C2)n1. The van der Waals surface area contributed by atoms with Crippen molar-refractivity contribution in [3.8, 4) is 11.3 Å². The Labute approximate surface area is 213 Å². The summed E-state index contributed by atoms with van der Waals surface area (Å²) in [6.07, 6.45) is 2.45. The van der Waals surface area contributed by atoms with Gasteiger partial charge in [0.2, 0.25) is 5.95 Å². The number of nitrogens with one attached hydrogen (secondary N) is 1. The summed E-state index contributed by atoms with van der Waals surface area (Å²) in [5.41, 5.74) is 1.12. The Balaban J connectivity index is 1.63. The monoisotopic (exact) mass is 510 g/mol. The number of pyridine rings is 1. The number of morpholine rings is 1. The highest BCUT2D eigenvalue weighted by Gasteiger charge is 2.35. The van der Waals surface area contributed by atoms with Crippen molar-refractivity contribution in [1.82, 2.24) is 15.0 Å². The summed E-state index contributed by atoms with van der Waals surface area (Å²) in [7, 11) is 0. The second-order valence-electron chi connectivity index (χ2n) is 9.33. The molecule has 194 valence electrons. The second kappa shape index (κ2) is 9.98. The number of rotatable bonds is 6. The van der Waals surface area contributed by atoms with Crippen molar-refractivity contribution in [2.24, 2.45) is 0 Å². The maximum absolute atomic E-state index is 15.3. The predicted molar refractivity (Wildman–Crippen MR) is 135 cm³/mol. The molecular weight excluding hydrogens is 482 g/mol. The van der Waals surface area contributed by atoms with Gasteiger partial charge >= 0.3 is 0 Å². The third kappa shape index (κ3) is 5.23. The molecule has 2 saturated heterocycles. The van der Waals surface area contributed by atoms with E-state index in [1.165, 1.54) is 30.6 Å². The van der Waals surface area contributed by atoms with Crippen LogP contribution < -0.4 is 15.1 Å². The number of anilines is 3. The molecule has 0 atom stereocenters. The second-order valence-corrected chi connectivity index (χ2v) is 9.33. The highest BCUT2D eigenvalue weighted by Crippen LogP contribution is 2.43. The minimum absolute atomic E-state index is 0.00219. The summed E-state index contributed by atoms with van der Waals surface area (Å²) < 4.78 is 36.0. The Morgan fingerprint density at radius 1 is 1.11 bits per heavy atom. The number of halogens is 2. The number of aliphatic hydroxyl groups excluding tert-OH is 1. The van der Waals surface area contributed by atoms with Gasteiger partial charge < -0.3 is 25.0 Å². The molecule has 0 unspecified atom stereocenters. The maximum Gasteiger partial charge on any atom is 0.273 e. The number of β-amino-alcohol motifs (C(OH)–C–C–N with tert-alkyl or cyclic N) is 1. The van der Waals surface area contributed by atoms with E-state index in [0.29, 0.717) is 68.0 Å². The molecular formula is C26H28F2N6O3. The molecule has 11 heteroatoms. The van der Waals surface area contributed by atoms with E-state index in [1.807, 2.05) is 9.80 Å². The van der Waals surface area contributed by atoms with Crippen molar-refractivity contribution in [3.05, 3.63) is 59.4 Å². The van der Waals surface area contributed by atoms with Gasteiger partial charge in [0.05, 0.1) is 36.3 Å². The van der Waals surface area contributed by atoms with E-state index < -0.39 is 17.9 Å². The number of aliphatic hydroxyl groups is 1. The Morgan fingerprint density at radius 2 is 1.81 bits per heavy atom. The average Bonchev–Trinajstić information content (AvgIpc) is 2.87. The molecule has 2 aliphatic heterocycles. The molecule has 3 aromatic rings. The minimum atomic E-state index is -3.29. The molecule has 5 rings (SSSR count). The molecule has 2 N–H and O–H groups in total. The van der Waals surface area contributed by atoms with Crippen LogP contribution >= 0.6 is 0 Å². The lowest BCUT2D eigenvalue weighted by Gasteiger charge is -2.37. The Hall–Kier alpha value is -3.70. The molecule has 2 aliphatic rings. The molecule has 4 heterocycles. The molecule has 9 nitrogen and oxygen atoms in total. The van der Waals surface area contributed by atoms with Crippen molar-refractivity contribution in [2.45, 2.75) is 25.9 Å². The molecule has 2 aromatic heterocycles. The number of hydrogen-bond donors (Lipinski definition) is 2. The molecule has 0 saturated carbocycles. The van der Waals surface area contributed by atoms with Crippen LogP contribution in [0.2, 0.25) is 0 Å². The number of hydrogen-bond acceptors (Lipinski definition) is 8. The van der Waals surface area contributed by atoms with Gasteiger partial charge in [0, 0.05) is 62.7 Å². The fraction of sp³-hybridized carbons (Fsp3) is 0.385. The van der Waals surface area contributed by atoms with Crippen LogP contribution in [0.15, 0.2) is 42.7 Å². The number of alkyl halides is 2. The molecule has 0 aliphatic carbocycles. The highest BCUT2D eigenvalue weighted by molar-refractivity contribution is 6.05. The third-order valence-electron chi connectivity index (χ3n) is 6.48. The normalized spacial score (nSPS) is 16.5. The first-order chi connectivity index (χ1) is 17.7. The van der Waals surface area contributed by atoms with Gasteiger partial charge in [-0.2, -0.15) is 4.98 Å². The lowest BCUT2D eigenvalue weighted by atomic mass is 9.93. The van der Waals surface area contributed by atoms with Crippen LogP contribution in [0.25, 0.3) is 11.3 Å². The van der Waals surface area contributed by atoms with Gasteiger partial charge in [-0.1, -0.05) is 6.07 Å². The zero-order valence-corrected chi connectivity index (χ0v) is 20.6. The number of benzene rings is 1. The van der Waals surface area contributed by atoms with Crippen molar-refractivity contribution in [3.63, 3.8) is 0 Å². The van der Waals surface area contributed by atoms with Crippen LogP contribution in [0.1, 0.15) is 28.4 Å². The topological polar surface area (TPSA) is 104 Å². The standard InChI is InChI=1S/C26H28F2N6O3/c1-16-3-4-19(30-24(36)17-5-7-29-8-6-17)23(26(2,27)28)22(16)20-13-21(33-9-11-37-12-10-33)32-25(31-20)34-14-18(35)15-34/h3-8,13,18,35H,9-12,14-15H2,1-2H3,(H,30,36). The van der Waals surface area contributed by atoms with E-state index in [4.69, 9.17) is 4.74 Å². The first-order valence-corrected chi connectivity index (χ1v) is 12.1. The van der Waals surface area contributed by atoms with Crippen LogP contribution in [0.4, 0.5) is 26.2 Å². The molecule has 2 fully saturated rings. The van der Waals surface area contributed by atoms with E-state index in [1.54, 1.807) is 19.1 Å². The number of aromatic nitrogens is 3. The minimum Gasteiger partial charge on any atom is -0.389 e. The number of ether oxygens (including phenoxy) is 1. The fourth-order valence-electron chi connectivity index (χ4n) is 4.56. The molecule has 1 aromatic carbocycles. The Morgan fingerprint density at radius 3 is 2.46 bits per heavy atom. The zero-order chi connectivity index (χ0) is 26.2. The van der Waals surface area contributed by atoms with Gasteiger partial charge in [-0.25, -0.2) is 13.8 Å². The number of carbonyl (C=O) groups is 1. The van der Waals surface area contributed by atoms with Gasteiger partial charge in [0.15, 0.2) is 0 Å². The molecule has 0 spiro atoms. The maximum atomic E-state index is 15.3. The van der Waals surface area contributed by atoms with Gasteiger partial charge in [-0.3, -0.25) is 9.78 Å². The molecule has 1 amide bonds. The van der Waals surface area contributed by atoms with E-state index in [-0.39, 0.29) is 16.8 Å². The van der Waals surface area contributed by atoms with E-state index in [9.17, 15) is 9.90 Å². The summed E-state index contributed by atoms with van der Waals surface area (Å²) in [6.45, 7) is 5.56. The van der Waals surface area contributed by atoms with Crippen molar-refractivity contribution < 1.29 is 23.4 Å². The number of amides is 1. The largest absolute Gasteiger partial charge is 0.389 e. The quantitative estimate of drug-likeness (QED) is 0.521. The van der Waals surface area contributed by atoms with Gasteiger partial charge in [0.1, 0.15) is 5.82 Å². The summed E-state index contributed by atoms with van der Waals surface area (Å²) in [4.78, 5) is 29.9. The van der Waals surface area contributed by atoms with Crippen LogP contribution in [-0.4, -0.2) is 71.5 Å². The highest BCUT2D eigenvalue weighted by atomic mass is 19.3. The molecule has 37 heavy (non-hydrogen) atoms. The van der Waals surface area contributed by atoms with Crippen LogP contribution in [0, 0.1) is 6.92 Å². The summed E-state index contributed by atoms with van der Waals surface area (Å²) in [5, 5.41) is 12.5. The fourth-order valence-corrected chi connectivity index (χ4v) is 4.56. The average molecular weight is 511 g/mol. The van der Waals surface area contributed by atoms with Gasteiger partial charge in [0.25, 0.3) is 11.8 Å². The lowest BCUT2D eigenvalue weighted by Crippen LogP contribution is -2.51. The smallest absolute Gasteiger partial charge is 0.273 e.